The molecule has 1 heterocycles. The molecular weight excluding hydrogens is 302 g/mol. The maximum Gasteiger partial charge on any atom is 0.221 e. The zero-order valence-electron chi connectivity index (χ0n) is 15.6. The molecule has 2 rings (SSSR count). The Bertz CT molecular complexity index is 532. The Labute approximate surface area is 145 Å². The van der Waals surface area contributed by atoms with Gasteiger partial charge in [0.1, 0.15) is 0 Å². The minimum Gasteiger partial charge on any atom is -0.373 e. The van der Waals surface area contributed by atoms with Gasteiger partial charge in [0, 0.05) is 44.3 Å². The Hall–Kier alpha value is -1.43. The van der Waals surface area contributed by atoms with Gasteiger partial charge in [0.2, 0.25) is 5.91 Å². The highest BCUT2D eigenvalue weighted by Gasteiger charge is 2.32. The highest BCUT2D eigenvalue weighted by molar-refractivity contribution is 5.88. The first-order valence-corrected chi connectivity index (χ1v) is 8.74. The first-order valence-electron chi connectivity index (χ1n) is 8.74. The minimum absolute atomic E-state index is 0.0448. The van der Waals surface area contributed by atoms with Crippen LogP contribution in [0.25, 0.3) is 0 Å². The molecule has 1 aromatic rings. The van der Waals surface area contributed by atoms with E-state index in [1.807, 2.05) is 24.3 Å². The molecule has 5 nitrogen and oxygen atoms in total. The van der Waals surface area contributed by atoms with E-state index in [-0.39, 0.29) is 23.7 Å². The Kier molecular flexibility index (Phi) is 6.38. The smallest absolute Gasteiger partial charge is 0.221 e. The minimum atomic E-state index is -0.0448. The number of carbonyl (C=O) groups is 1. The third-order valence-electron chi connectivity index (χ3n) is 4.44. The van der Waals surface area contributed by atoms with Crippen molar-refractivity contribution in [3.63, 3.8) is 0 Å². The van der Waals surface area contributed by atoms with E-state index in [2.05, 4.69) is 43.2 Å². The summed E-state index contributed by atoms with van der Waals surface area (Å²) in [5.74, 6) is -0.0448. The van der Waals surface area contributed by atoms with Crippen molar-refractivity contribution >= 4 is 11.6 Å². The van der Waals surface area contributed by atoms with Crippen LogP contribution in [0.4, 0.5) is 5.69 Å². The zero-order valence-corrected chi connectivity index (χ0v) is 15.6. The quantitative estimate of drug-likeness (QED) is 0.840. The summed E-state index contributed by atoms with van der Waals surface area (Å²) in [6.07, 6.45) is 0.573. The fraction of sp³-hybridized carbons (Fsp3) is 0.632. The first-order chi connectivity index (χ1) is 11.3. The third kappa shape index (κ3) is 5.58. The van der Waals surface area contributed by atoms with Gasteiger partial charge < -0.3 is 15.4 Å². The molecule has 2 atom stereocenters. The number of ether oxygens (including phenoxy) is 1. The lowest BCUT2D eigenvalue weighted by atomic mass is 10.00. The van der Waals surface area contributed by atoms with Crippen molar-refractivity contribution in [1.82, 2.24) is 10.2 Å². The molecule has 1 aliphatic rings. The molecular formula is C19H31N3O2. The van der Waals surface area contributed by atoms with Crippen LogP contribution in [-0.2, 0) is 16.1 Å². The predicted octanol–water partition coefficient (Wildman–Crippen LogP) is 2.62. The molecule has 1 aromatic carbocycles. The monoisotopic (exact) mass is 333 g/mol. The van der Waals surface area contributed by atoms with E-state index >= 15 is 0 Å². The molecule has 0 saturated carbocycles. The van der Waals surface area contributed by atoms with Gasteiger partial charge >= 0.3 is 0 Å². The van der Waals surface area contributed by atoms with Crippen molar-refractivity contribution in [2.75, 3.05) is 25.0 Å². The van der Waals surface area contributed by atoms with Crippen molar-refractivity contribution in [1.29, 1.82) is 0 Å². The first kappa shape index (κ1) is 18.9. The summed E-state index contributed by atoms with van der Waals surface area (Å²) >= 11 is 0. The number of rotatable bonds is 6. The van der Waals surface area contributed by atoms with Crippen LogP contribution in [-0.4, -0.2) is 48.2 Å². The number of carbonyl (C=O) groups excluding carboxylic acids is 1. The highest BCUT2D eigenvalue weighted by Crippen LogP contribution is 2.20. The zero-order chi connectivity index (χ0) is 17.7. The average molecular weight is 333 g/mol. The standard InChI is InChI=1S/C19H31N3O2/c1-14-11-22(12-15(2)24-14)19(4,5)13-20-10-17-6-8-18(9-7-17)21-16(3)23/h6-9,14-15,20H,10-13H2,1-5H3,(H,21,23)/t14-,15-/m0/s1. The average Bonchev–Trinajstić information content (AvgIpc) is 2.47. The molecule has 2 N–H and O–H groups in total. The van der Waals surface area contributed by atoms with Crippen LogP contribution in [0.2, 0.25) is 0 Å². The fourth-order valence-corrected chi connectivity index (χ4v) is 3.21. The van der Waals surface area contributed by atoms with Crippen LogP contribution in [0.15, 0.2) is 24.3 Å². The number of hydrogen-bond donors (Lipinski definition) is 2. The van der Waals surface area contributed by atoms with Crippen LogP contribution in [0.3, 0.4) is 0 Å². The van der Waals surface area contributed by atoms with Crippen LogP contribution in [0.1, 0.15) is 40.2 Å². The summed E-state index contributed by atoms with van der Waals surface area (Å²) in [7, 11) is 0. The highest BCUT2D eigenvalue weighted by atomic mass is 16.5. The van der Waals surface area contributed by atoms with Gasteiger partial charge in [0.05, 0.1) is 12.2 Å². The molecule has 0 aliphatic carbocycles. The van der Waals surface area contributed by atoms with Crippen LogP contribution in [0.5, 0.6) is 0 Å². The Morgan fingerprint density at radius 1 is 1.21 bits per heavy atom. The van der Waals surface area contributed by atoms with Crippen molar-refractivity contribution in [3.8, 4) is 0 Å². The van der Waals surface area contributed by atoms with Gasteiger partial charge in [-0.25, -0.2) is 0 Å². The normalized spacial score (nSPS) is 22.4. The van der Waals surface area contributed by atoms with Crippen molar-refractivity contribution in [3.05, 3.63) is 29.8 Å². The van der Waals surface area contributed by atoms with Gasteiger partial charge in [-0.3, -0.25) is 9.69 Å². The Morgan fingerprint density at radius 2 is 1.79 bits per heavy atom. The van der Waals surface area contributed by atoms with Crippen molar-refractivity contribution in [2.45, 2.75) is 58.9 Å². The number of morpholine rings is 1. The van der Waals surface area contributed by atoms with Gasteiger partial charge in [-0.15, -0.1) is 0 Å². The fourth-order valence-electron chi connectivity index (χ4n) is 3.21. The van der Waals surface area contributed by atoms with Gasteiger partial charge in [-0.2, -0.15) is 0 Å². The molecule has 24 heavy (non-hydrogen) atoms. The largest absolute Gasteiger partial charge is 0.373 e. The molecule has 0 bridgehead atoms. The van der Waals surface area contributed by atoms with Crippen molar-refractivity contribution in [2.24, 2.45) is 0 Å². The van der Waals surface area contributed by atoms with E-state index < -0.39 is 0 Å². The van der Waals surface area contributed by atoms with Gasteiger partial charge in [-0.05, 0) is 45.4 Å². The number of benzene rings is 1. The van der Waals surface area contributed by atoms with Gasteiger partial charge in [0.25, 0.3) is 0 Å². The summed E-state index contributed by atoms with van der Waals surface area (Å²) in [6, 6.07) is 7.97. The molecule has 0 radical (unpaired) electrons. The molecule has 0 spiro atoms. The lowest BCUT2D eigenvalue weighted by molar-refractivity contribution is -0.114. The molecule has 5 heteroatoms. The maximum absolute atomic E-state index is 11.0. The molecule has 1 saturated heterocycles. The number of amides is 1. The summed E-state index contributed by atoms with van der Waals surface area (Å²) < 4.78 is 5.83. The van der Waals surface area contributed by atoms with E-state index in [1.54, 1.807) is 0 Å². The van der Waals surface area contributed by atoms with E-state index in [1.165, 1.54) is 12.5 Å². The van der Waals surface area contributed by atoms with E-state index in [9.17, 15) is 4.79 Å². The summed E-state index contributed by atoms with van der Waals surface area (Å²) in [6.45, 7) is 14.1. The molecule has 134 valence electrons. The topological polar surface area (TPSA) is 53.6 Å². The SMILES string of the molecule is CC(=O)Nc1ccc(CNCC(C)(C)N2C[C@H](C)O[C@@H](C)C2)cc1. The molecule has 1 fully saturated rings. The number of hydrogen-bond acceptors (Lipinski definition) is 4. The molecule has 0 unspecified atom stereocenters. The second-order valence-corrected chi connectivity index (χ2v) is 7.46. The Morgan fingerprint density at radius 3 is 2.33 bits per heavy atom. The van der Waals surface area contributed by atoms with E-state index in [4.69, 9.17) is 4.74 Å². The second kappa shape index (κ2) is 8.10. The van der Waals surface area contributed by atoms with Crippen LogP contribution < -0.4 is 10.6 Å². The summed E-state index contributed by atoms with van der Waals surface area (Å²) in [4.78, 5) is 13.6. The van der Waals surface area contributed by atoms with Crippen LogP contribution in [0, 0.1) is 0 Å². The molecule has 0 aromatic heterocycles. The summed E-state index contributed by atoms with van der Waals surface area (Å²) in [5, 5.41) is 6.35. The van der Waals surface area contributed by atoms with Crippen LogP contribution >= 0.6 is 0 Å². The van der Waals surface area contributed by atoms with E-state index in [0.29, 0.717) is 0 Å². The van der Waals surface area contributed by atoms with Crippen molar-refractivity contribution < 1.29 is 9.53 Å². The molecule has 1 aliphatic heterocycles. The van der Waals surface area contributed by atoms with E-state index in [0.717, 1.165) is 31.9 Å². The number of anilines is 1. The summed E-state index contributed by atoms with van der Waals surface area (Å²) in [5.41, 5.74) is 2.13. The number of nitrogens with one attached hydrogen (secondary N) is 2. The maximum atomic E-state index is 11.0. The number of nitrogens with zero attached hydrogens (tertiary/aromatic N) is 1. The predicted molar refractivity (Wildman–Crippen MR) is 98.1 cm³/mol. The Balaban J connectivity index is 1.82. The second-order valence-electron chi connectivity index (χ2n) is 7.46. The third-order valence-corrected chi connectivity index (χ3v) is 4.44. The lowest BCUT2D eigenvalue weighted by Crippen LogP contribution is -2.58. The van der Waals surface area contributed by atoms with Gasteiger partial charge in [-0.1, -0.05) is 12.1 Å². The lowest BCUT2D eigenvalue weighted by Gasteiger charge is -2.45. The van der Waals surface area contributed by atoms with Gasteiger partial charge in [0.15, 0.2) is 0 Å². The molecule has 1 amide bonds.